The summed E-state index contributed by atoms with van der Waals surface area (Å²) in [6.07, 6.45) is 0. The first-order valence-electron chi connectivity index (χ1n) is 24.1. The first-order valence-corrected chi connectivity index (χ1v) is 24.9. The number of ether oxygens (including phenoxy) is 2. The molecule has 0 amide bonds. The minimum atomic E-state index is -0.227. The number of hydrogen-bond donors (Lipinski definition) is 0. The second kappa shape index (κ2) is 15.6. The van der Waals surface area contributed by atoms with Crippen LogP contribution in [0.15, 0.2) is 218 Å². The summed E-state index contributed by atoms with van der Waals surface area (Å²) in [5.74, 6) is 2.80. The van der Waals surface area contributed by atoms with Gasteiger partial charge in [0.15, 0.2) is 23.0 Å². The number of benzene rings is 10. The number of rotatable bonds is 5. The molecule has 6 heteroatoms. The van der Waals surface area contributed by atoms with Crippen molar-refractivity contribution in [2.75, 3.05) is 9.71 Å². The molecule has 70 heavy (non-hydrogen) atoms. The number of para-hydroxylation sites is 2. The Morgan fingerprint density at radius 1 is 0.414 bits per heavy atom. The third-order valence-electron chi connectivity index (χ3n) is 14.4. The van der Waals surface area contributed by atoms with Gasteiger partial charge < -0.3 is 19.2 Å². The maximum absolute atomic E-state index is 6.77. The van der Waals surface area contributed by atoms with Crippen LogP contribution < -0.4 is 30.1 Å². The molecule has 3 aliphatic heterocycles. The van der Waals surface area contributed by atoms with Gasteiger partial charge in [-0.1, -0.05) is 166 Å². The van der Waals surface area contributed by atoms with Crippen molar-refractivity contribution in [2.45, 2.75) is 26.2 Å². The van der Waals surface area contributed by atoms with E-state index in [2.05, 4.69) is 225 Å². The number of anilines is 5. The Hall–Kier alpha value is -8.32. The van der Waals surface area contributed by atoms with Crippen molar-refractivity contribution in [2.24, 2.45) is 0 Å². The van der Waals surface area contributed by atoms with Gasteiger partial charge in [0, 0.05) is 39.0 Å². The van der Waals surface area contributed by atoms with Crippen molar-refractivity contribution in [3.63, 3.8) is 0 Å². The standard InChI is InChI=1S/C64H45BN2O2S/c1-64(2,3)47-29-32-53(49(37-47)43-21-11-6-12-22-43)66-55-35-46(41-19-9-5-10-20-41)34-51-50-38-58-59(69-57-26-16-15-25-56(57)68-58)39-54(50)67(48-30-27-42(28-31-48)40-17-7-4-8-18-40)65(61(51)55)62-52-33-44-23-13-14-24-45(44)36-60(52)70-63(62)66/h4-39H,1-3H3. The van der Waals surface area contributed by atoms with Gasteiger partial charge in [-0.3, -0.25) is 0 Å². The van der Waals surface area contributed by atoms with Gasteiger partial charge in [0.1, 0.15) is 0 Å². The summed E-state index contributed by atoms with van der Waals surface area (Å²) in [6.45, 7) is 6.69. The van der Waals surface area contributed by atoms with Crippen molar-refractivity contribution in [1.82, 2.24) is 0 Å². The summed E-state index contributed by atoms with van der Waals surface area (Å²) in [7, 11) is 0. The normalized spacial score (nSPS) is 13.2. The number of hydrogen-bond acceptors (Lipinski definition) is 5. The fourth-order valence-electron chi connectivity index (χ4n) is 11.0. The summed E-state index contributed by atoms with van der Waals surface area (Å²) >= 11 is 1.89. The van der Waals surface area contributed by atoms with Gasteiger partial charge in [-0.2, -0.15) is 0 Å². The maximum Gasteiger partial charge on any atom is 0.334 e. The molecule has 332 valence electrons. The van der Waals surface area contributed by atoms with Gasteiger partial charge in [-0.05, 0) is 138 Å². The number of nitrogens with zero attached hydrogens (tertiary/aromatic N) is 2. The number of fused-ring (bicyclic) bond motifs is 9. The molecule has 0 spiro atoms. The molecule has 0 saturated carbocycles. The molecule has 4 nitrogen and oxygen atoms in total. The fraction of sp³-hybridized carbons (Fsp3) is 0.0625. The van der Waals surface area contributed by atoms with Crippen LogP contribution in [0.2, 0.25) is 0 Å². The minimum absolute atomic E-state index is 0.0595. The highest BCUT2D eigenvalue weighted by atomic mass is 32.1. The van der Waals surface area contributed by atoms with Gasteiger partial charge in [-0.15, -0.1) is 11.3 Å². The van der Waals surface area contributed by atoms with E-state index in [1.54, 1.807) is 0 Å². The molecule has 11 aromatic rings. The smallest absolute Gasteiger partial charge is 0.334 e. The average molecular weight is 917 g/mol. The molecular weight excluding hydrogens is 872 g/mol. The average Bonchev–Trinajstić information content (AvgIpc) is 3.77. The van der Waals surface area contributed by atoms with Gasteiger partial charge in [0.25, 0.3) is 0 Å². The lowest BCUT2D eigenvalue weighted by Gasteiger charge is -2.45. The Morgan fingerprint density at radius 2 is 1.00 bits per heavy atom. The molecule has 0 unspecified atom stereocenters. The Morgan fingerprint density at radius 3 is 1.67 bits per heavy atom. The van der Waals surface area contributed by atoms with Gasteiger partial charge >= 0.3 is 6.85 Å². The summed E-state index contributed by atoms with van der Waals surface area (Å²) in [5.41, 5.74) is 17.5. The van der Waals surface area contributed by atoms with E-state index >= 15 is 0 Å². The molecule has 0 bridgehead atoms. The van der Waals surface area contributed by atoms with E-state index in [1.165, 1.54) is 70.2 Å². The predicted octanol–water partition coefficient (Wildman–Crippen LogP) is 17.0. The predicted molar refractivity (Wildman–Crippen MR) is 295 cm³/mol. The van der Waals surface area contributed by atoms with E-state index in [9.17, 15) is 0 Å². The van der Waals surface area contributed by atoms with Gasteiger partial charge in [0.2, 0.25) is 0 Å². The summed E-state index contributed by atoms with van der Waals surface area (Å²) in [4.78, 5) is 5.19. The molecule has 0 saturated heterocycles. The van der Waals surface area contributed by atoms with E-state index < -0.39 is 0 Å². The Bertz CT molecular complexity index is 3880. The Kier molecular flexibility index (Phi) is 9.08. The van der Waals surface area contributed by atoms with E-state index in [-0.39, 0.29) is 12.3 Å². The summed E-state index contributed by atoms with van der Waals surface area (Å²) < 4.78 is 14.8. The van der Waals surface area contributed by atoms with Crippen molar-refractivity contribution in [1.29, 1.82) is 0 Å². The zero-order chi connectivity index (χ0) is 46.7. The van der Waals surface area contributed by atoms with Crippen LogP contribution in [0.5, 0.6) is 23.0 Å². The number of thiophene rings is 1. The topological polar surface area (TPSA) is 24.9 Å². The quantitative estimate of drug-likeness (QED) is 0.161. The van der Waals surface area contributed by atoms with E-state index in [1.807, 2.05) is 35.6 Å². The lowest BCUT2D eigenvalue weighted by Crippen LogP contribution is -2.61. The zero-order valence-corrected chi connectivity index (χ0v) is 39.8. The molecule has 0 radical (unpaired) electrons. The second-order valence-corrected chi connectivity index (χ2v) is 20.7. The summed E-state index contributed by atoms with van der Waals surface area (Å²) in [5, 5.41) is 4.92. The van der Waals surface area contributed by atoms with Crippen LogP contribution in [0.3, 0.4) is 0 Å². The molecule has 0 fully saturated rings. The van der Waals surface area contributed by atoms with Crippen molar-refractivity contribution in [3.8, 4) is 67.5 Å². The van der Waals surface area contributed by atoms with E-state index in [0.717, 1.165) is 39.4 Å². The van der Waals surface area contributed by atoms with Crippen LogP contribution in [0.1, 0.15) is 26.3 Å². The fourth-order valence-corrected chi connectivity index (χ4v) is 12.3. The Balaban J connectivity index is 1.12. The van der Waals surface area contributed by atoms with Crippen molar-refractivity contribution < 1.29 is 9.47 Å². The van der Waals surface area contributed by atoms with Crippen LogP contribution in [-0.2, 0) is 5.41 Å². The maximum atomic E-state index is 6.77. The first-order chi connectivity index (χ1) is 34.3. The van der Waals surface area contributed by atoms with Gasteiger partial charge in [0.05, 0.1) is 10.7 Å². The minimum Gasteiger partial charge on any atom is -0.449 e. The third kappa shape index (κ3) is 6.44. The molecule has 4 heterocycles. The van der Waals surface area contributed by atoms with Crippen LogP contribution in [0.4, 0.5) is 27.8 Å². The molecule has 3 aliphatic rings. The highest BCUT2D eigenvalue weighted by Gasteiger charge is 2.48. The highest BCUT2D eigenvalue weighted by Crippen LogP contribution is 2.56. The second-order valence-electron chi connectivity index (χ2n) is 19.7. The third-order valence-corrected chi connectivity index (χ3v) is 15.6. The van der Waals surface area contributed by atoms with Crippen molar-refractivity contribution in [3.05, 3.63) is 224 Å². The molecule has 1 aromatic heterocycles. The lowest BCUT2D eigenvalue weighted by molar-refractivity contribution is 0.360. The molecule has 0 N–H and O–H groups in total. The molecule has 0 aliphatic carbocycles. The van der Waals surface area contributed by atoms with Crippen LogP contribution >= 0.6 is 11.3 Å². The SMILES string of the molecule is CC(C)(C)c1ccc(N2c3cc(-c4ccccc4)cc4c3B(c3c2sc2cc5ccccc5cc32)N(c2ccc(-c3ccccc3)cc2)c2cc3c(cc2-4)Oc2ccccc2O3)c(-c2ccccc2)c1. The van der Waals surface area contributed by atoms with Crippen LogP contribution in [-0.4, -0.2) is 6.85 Å². The lowest BCUT2D eigenvalue weighted by atomic mass is 9.43. The Labute approximate surface area is 412 Å². The zero-order valence-electron chi connectivity index (χ0n) is 39.0. The van der Waals surface area contributed by atoms with Gasteiger partial charge in [-0.25, -0.2) is 0 Å². The first kappa shape index (κ1) is 40.7. The van der Waals surface area contributed by atoms with E-state index in [0.29, 0.717) is 23.0 Å². The molecule has 10 aromatic carbocycles. The summed E-state index contributed by atoms with van der Waals surface area (Å²) in [6, 6.07) is 79.6. The van der Waals surface area contributed by atoms with Crippen LogP contribution in [0.25, 0.3) is 65.4 Å². The molecule has 0 atom stereocenters. The molecule has 14 rings (SSSR count). The van der Waals surface area contributed by atoms with E-state index in [4.69, 9.17) is 9.47 Å². The monoisotopic (exact) mass is 916 g/mol. The van der Waals surface area contributed by atoms with Crippen LogP contribution in [0, 0.1) is 0 Å². The highest BCUT2D eigenvalue weighted by molar-refractivity contribution is 7.26. The molecular formula is C64H45BN2O2S. The largest absolute Gasteiger partial charge is 0.449 e. The van der Waals surface area contributed by atoms with Crippen molar-refractivity contribution >= 4 is 77.7 Å².